The van der Waals surface area contributed by atoms with Gasteiger partial charge in [0.05, 0.1) is 0 Å². The number of hydrogen-bond donors (Lipinski definition) is 0. The first-order chi connectivity index (χ1) is 7.13. The van der Waals surface area contributed by atoms with Crippen LogP contribution in [-0.2, 0) is 0 Å². The van der Waals surface area contributed by atoms with Crippen LogP contribution in [-0.4, -0.2) is 12.0 Å². The zero-order valence-electron chi connectivity index (χ0n) is 9.00. The molecular weight excluding hydrogens is 211 g/mol. The summed E-state index contributed by atoms with van der Waals surface area (Å²) in [6.07, 6.45) is 1.73. The molecule has 1 nitrogen and oxygen atoms in total. The van der Waals surface area contributed by atoms with Gasteiger partial charge in [0.25, 0.3) is 0 Å². The number of benzene rings is 1. The van der Waals surface area contributed by atoms with E-state index in [4.69, 9.17) is 0 Å². The second kappa shape index (κ2) is 5.91. The molecule has 0 spiro atoms. The fourth-order valence-corrected chi connectivity index (χ4v) is 2.28. The Kier molecular flexibility index (Phi) is 4.82. The molecule has 0 aliphatic heterocycles. The van der Waals surface area contributed by atoms with E-state index in [0.29, 0.717) is 22.7 Å². The summed E-state index contributed by atoms with van der Waals surface area (Å²) in [7, 11) is 0. The summed E-state index contributed by atoms with van der Waals surface area (Å²) in [5.41, 5.74) is 0.390. The number of carbonyl (C=O) groups is 1. The molecule has 0 atom stereocenters. The van der Waals surface area contributed by atoms with Crippen LogP contribution in [0.1, 0.15) is 30.6 Å². The third kappa shape index (κ3) is 4.04. The van der Waals surface area contributed by atoms with Gasteiger partial charge in [-0.15, -0.1) is 11.8 Å². The van der Waals surface area contributed by atoms with E-state index >= 15 is 0 Å². The number of carbonyl (C=O) groups excluding carboxylic acids is 1. The topological polar surface area (TPSA) is 17.1 Å². The van der Waals surface area contributed by atoms with E-state index in [1.54, 1.807) is 12.1 Å². The maximum Gasteiger partial charge on any atom is 0.150 e. The fourth-order valence-electron chi connectivity index (χ4n) is 1.11. The summed E-state index contributed by atoms with van der Waals surface area (Å²) in [6, 6.07) is 4.60. The molecule has 15 heavy (non-hydrogen) atoms. The molecule has 82 valence electrons. The molecule has 0 aliphatic rings. The minimum atomic E-state index is -0.298. The van der Waals surface area contributed by atoms with Gasteiger partial charge < -0.3 is 0 Å². The summed E-state index contributed by atoms with van der Waals surface area (Å²) in [6.45, 7) is 4.29. The van der Waals surface area contributed by atoms with Gasteiger partial charge in [0, 0.05) is 10.5 Å². The van der Waals surface area contributed by atoms with Crippen LogP contribution in [0.4, 0.5) is 4.39 Å². The highest BCUT2D eigenvalue weighted by Gasteiger charge is 2.04. The van der Waals surface area contributed by atoms with Crippen LogP contribution in [0.3, 0.4) is 0 Å². The first kappa shape index (κ1) is 12.2. The molecule has 0 fully saturated rings. The molecule has 1 rings (SSSR count). The van der Waals surface area contributed by atoms with Crippen molar-refractivity contribution in [3.8, 4) is 0 Å². The second-order valence-corrected chi connectivity index (χ2v) is 4.98. The van der Waals surface area contributed by atoms with Crippen LogP contribution < -0.4 is 0 Å². The lowest BCUT2D eigenvalue weighted by atomic mass is 10.2. The minimum absolute atomic E-state index is 0.298. The molecule has 0 N–H and O–H groups in total. The maximum atomic E-state index is 13.4. The number of aldehydes is 1. The van der Waals surface area contributed by atoms with Crippen molar-refractivity contribution in [3.05, 3.63) is 29.6 Å². The average molecular weight is 226 g/mol. The van der Waals surface area contributed by atoms with E-state index in [2.05, 4.69) is 13.8 Å². The van der Waals surface area contributed by atoms with Gasteiger partial charge in [-0.05, 0) is 30.2 Å². The third-order valence-electron chi connectivity index (χ3n) is 2.04. The smallest absolute Gasteiger partial charge is 0.150 e. The molecule has 0 amide bonds. The SMILES string of the molecule is CC(C)CCSc1ccc(C=O)cc1F. The monoisotopic (exact) mass is 226 g/mol. The van der Waals surface area contributed by atoms with Crippen molar-refractivity contribution in [2.75, 3.05) is 5.75 Å². The van der Waals surface area contributed by atoms with Crippen LogP contribution in [0.5, 0.6) is 0 Å². The molecule has 3 heteroatoms. The van der Waals surface area contributed by atoms with Gasteiger partial charge in [0.1, 0.15) is 12.1 Å². The summed E-state index contributed by atoms with van der Waals surface area (Å²) < 4.78 is 13.4. The van der Waals surface area contributed by atoms with Crippen LogP contribution in [0.25, 0.3) is 0 Å². The van der Waals surface area contributed by atoms with E-state index < -0.39 is 0 Å². The number of hydrogen-bond acceptors (Lipinski definition) is 2. The molecule has 0 bridgehead atoms. The van der Waals surface area contributed by atoms with Crippen molar-refractivity contribution in [2.24, 2.45) is 5.92 Å². The van der Waals surface area contributed by atoms with Crippen LogP contribution in [0, 0.1) is 11.7 Å². The highest BCUT2D eigenvalue weighted by molar-refractivity contribution is 7.99. The lowest BCUT2D eigenvalue weighted by Crippen LogP contribution is -1.91. The Morgan fingerprint density at radius 1 is 1.47 bits per heavy atom. The van der Waals surface area contributed by atoms with Crippen molar-refractivity contribution in [1.82, 2.24) is 0 Å². The van der Waals surface area contributed by atoms with Crippen LogP contribution >= 0.6 is 11.8 Å². The molecule has 0 heterocycles. The quantitative estimate of drug-likeness (QED) is 0.561. The Bertz CT molecular complexity index is 336. The van der Waals surface area contributed by atoms with Gasteiger partial charge in [0.15, 0.2) is 0 Å². The molecule has 0 unspecified atom stereocenters. The van der Waals surface area contributed by atoms with Crippen molar-refractivity contribution >= 4 is 18.0 Å². The molecular formula is C12H15FOS. The largest absolute Gasteiger partial charge is 0.298 e. The fraction of sp³-hybridized carbons (Fsp3) is 0.417. The van der Waals surface area contributed by atoms with Crippen molar-refractivity contribution in [3.63, 3.8) is 0 Å². The average Bonchev–Trinajstić information content (AvgIpc) is 2.20. The molecule has 1 aromatic carbocycles. The summed E-state index contributed by atoms with van der Waals surface area (Å²) in [5.74, 6) is 1.25. The Hall–Kier alpha value is -0.830. The van der Waals surface area contributed by atoms with Gasteiger partial charge in [-0.2, -0.15) is 0 Å². The zero-order valence-corrected chi connectivity index (χ0v) is 9.81. The Morgan fingerprint density at radius 2 is 2.20 bits per heavy atom. The van der Waals surface area contributed by atoms with Crippen LogP contribution in [0.15, 0.2) is 23.1 Å². The Morgan fingerprint density at radius 3 is 2.73 bits per heavy atom. The third-order valence-corrected chi connectivity index (χ3v) is 3.13. The van der Waals surface area contributed by atoms with Gasteiger partial charge in [-0.25, -0.2) is 4.39 Å². The van der Waals surface area contributed by atoms with E-state index in [1.807, 2.05) is 0 Å². The molecule has 0 aliphatic carbocycles. The van der Waals surface area contributed by atoms with Crippen molar-refractivity contribution < 1.29 is 9.18 Å². The molecule has 1 aromatic rings. The molecule has 0 saturated carbocycles. The molecule has 0 aromatic heterocycles. The van der Waals surface area contributed by atoms with Crippen molar-refractivity contribution in [2.45, 2.75) is 25.2 Å². The summed E-state index contributed by atoms with van der Waals surface area (Å²) in [4.78, 5) is 11.0. The first-order valence-electron chi connectivity index (χ1n) is 5.01. The normalized spacial score (nSPS) is 10.7. The highest BCUT2D eigenvalue weighted by Crippen LogP contribution is 2.23. The minimum Gasteiger partial charge on any atom is -0.298 e. The van der Waals surface area contributed by atoms with E-state index in [0.717, 1.165) is 12.2 Å². The zero-order chi connectivity index (χ0) is 11.3. The second-order valence-electron chi connectivity index (χ2n) is 3.84. The molecule has 0 saturated heterocycles. The van der Waals surface area contributed by atoms with Gasteiger partial charge in [-0.3, -0.25) is 4.79 Å². The lowest BCUT2D eigenvalue weighted by molar-refractivity contribution is 0.112. The molecule has 0 radical (unpaired) electrons. The van der Waals surface area contributed by atoms with E-state index in [-0.39, 0.29) is 5.82 Å². The van der Waals surface area contributed by atoms with E-state index in [9.17, 15) is 9.18 Å². The summed E-state index contributed by atoms with van der Waals surface area (Å²) >= 11 is 1.50. The Balaban J connectivity index is 2.58. The van der Waals surface area contributed by atoms with Gasteiger partial charge in [-0.1, -0.05) is 19.9 Å². The Labute approximate surface area is 94.1 Å². The van der Waals surface area contributed by atoms with Crippen LogP contribution in [0.2, 0.25) is 0 Å². The standard InChI is InChI=1S/C12H15FOS/c1-9(2)5-6-15-12-4-3-10(8-14)7-11(12)13/h3-4,7-9H,5-6H2,1-2H3. The first-order valence-corrected chi connectivity index (χ1v) is 5.99. The van der Waals surface area contributed by atoms with Gasteiger partial charge in [0.2, 0.25) is 0 Å². The summed E-state index contributed by atoms with van der Waals surface area (Å²) in [5, 5.41) is 0. The number of rotatable bonds is 5. The van der Waals surface area contributed by atoms with E-state index in [1.165, 1.54) is 17.8 Å². The predicted molar refractivity (Wildman–Crippen MR) is 62.0 cm³/mol. The maximum absolute atomic E-state index is 13.4. The number of halogens is 1. The van der Waals surface area contributed by atoms with Gasteiger partial charge >= 0.3 is 0 Å². The predicted octanol–water partition coefficient (Wildman–Crippen LogP) is 3.78. The number of thioether (sulfide) groups is 1. The highest BCUT2D eigenvalue weighted by atomic mass is 32.2. The van der Waals surface area contributed by atoms with Crippen molar-refractivity contribution in [1.29, 1.82) is 0 Å². The lowest BCUT2D eigenvalue weighted by Gasteiger charge is -2.05.